The summed E-state index contributed by atoms with van der Waals surface area (Å²) in [4.78, 5) is 27.7. The minimum atomic E-state index is -0.603. The zero-order valence-corrected chi connectivity index (χ0v) is 21.6. The van der Waals surface area contributed by atoms with E-state index in [4.69, 9.17) is 20.3 Å². The van der Waals surface area contributed by atoms with Crippen molar-refractivity contribution in [2.75, 3.05) is 26.0 Å². The van der Waals surface area contributed by atoms with Gasteiger partial charge < -0.3 is 24.7 Å². The number of likely N-dealkylation sites (tertiary alicyclic amines) is 1. The van der Waals surface area contributed by atoms with Gasteiger partial charge in [-0.15, -0.1) is 0 Å². The van der Waals surface area contributed by atoms with Crippen molar-refractivity contribution in [3.63, 3.8) is 0 Å². The number of aryl methyl sites for hydroxylation is 1. The first-order chi connectivity index (χ1) is 17.6. The summed E-state index contributed by atoms with van der Waals surface area (Å²) in [6.45, 7) is 6.32. The van der Waals surface area contributed by atoms with Crippen LogP contribution in [-0.2, 0) is 16.5 Å². The van der Waals surface area contributed by atoms with Crippen LogP contribution in [0.25, 0.3) is 22.1 Å². The maximum Gasteiger partial charge on any atom is 0.410 e. The number of nitrogen functional groups attached to an aromatic ring is 1. The predicted octanol–water partition coefficient (Wildman–Crippen LogP) is 2.89. The van der Waals surface area contributed by atoms with Crippen molar-refractivity contribution < 1.29 is 14.3 Å². The number of carbonyl (C=O) groups excluding carboxylic acids is 1. The van der Waals surface area contributed by atoms with E-state index in [0.717, 1.165) is 16.6 Å². The van der Waals surface area contributed by atoms with Crippen molar-refractivity contribution >= 4 is 34.0 Å². The molecule has 1 unspecified atom stereocenters. The van der Waals surface area contributed by atoms with Gasteiger partial charge in [0.1, 0.15) is 23.4 Å². The summed E-state index contributed by atoms with van der Waals surface area (Å²) in [5.74, 6) is 6.63. The Morgan fingerprint density at radius 3 is 2.78 bits per heavy atom. The maximum atomic E-state index is 12.9. The van der Waals surface area contributed by atoms with Crippen LogP contribution in [0.1, 0.15) is 44.5 Å². The first kappa shape index (κ1) is 24.5. The molecule has 4 aromatic rings. The molecule has 1 aliphatic heterocycles. The van der Waals surface area contributed by atoms with Gasteiger partial charge >= 0.3 is 6.09 Å². The van der Waals surface area contributed by atoms with E-state index in [2.05, 4.69) is 26.8 Å². The van der Waals surface area contributed by atoms with Crippen molar-refractivity contribution in [1.82, 2.24) is 34.2 Å². The smallest absolute Gasteiger partial charge is 0.410 e. The topological polar surface area (TPSA) is 126 Å². The van der Waals surface area contributed by atoms with Gasteiger partial charge in [-0.2, -0.15) is 5.10 Å². The van der Waals surface area contributed by atoms with Crippen LogP contribution >= 0.6 is 0 Å². The highest BCUT2D eigenvalue weighted by Gasteiger charge is 2.39. The quantitative estimate of drug-likeness (QED) is 0.424. The fraction of sp³-hybridized carbons (Fsp3) is 0.423. The first-order valence-electron chi connectivity index (χ1n) is 12.0. The van der Waals surface area contributed by atoms with Gasteiger partial charge in [-0.3, -0.25) is 0 Å². The van der Waals surface area contributed by atoms with Gasteiger partial charge in [0.25, 0.3) is 0 Å². The summed E-state index contributed by atoms with van der Waals surface area (Å²) in [5, 5.41) is 5.39. The fourth-order valence-electron chi connectivity index (χ4n) is 4.65. The maximum absolute atomic E-state index is 12.9. The van der Waals surface area contributed by atoms with Gasteiger partial charge in [-0.05, 0) is 51.3 Å². The third kappa shape index (κ3) is 4.80. The number of rotatable bonds is 3. The Morgan fingerprint density at radius 1 is 1.22 bits per heavy atom. The number of anilines is 1. The van der Waals surface area contributed by atoms with Gasteiger partial charge in [-0.25, -0.2) is 24.4 Å². The SMILES string of the molecule is COC[C@H]1CC(n2nc(C#Cc3ccc4c(c3)ncn4C)c3c(N)ncnc32)CN1C(=O)OC(C)(C)C. The minimum absolute atomic E-state index is 0.162. The Hall–Kier alpha value is -4.17. The van der Waals surface area contributed by atoms with E-state index < -0.39 is 5.60 Å². The monoisotopic (exact) mass is 502 g/mol. The van der Waals surface area contributed by atoms with Crippen molar-refractivity contribution in [3.8, 4) is 11.8 Å². The molecular formula is C26H30N8O3. The normalized spacial score (nSPS) is 17.8. The van der Waals surface area contributed by atoms with Crippen LogP contribution in [0.15, 0.2) is 30.9 Å². The van der Waals surface area contributed by atoms with Crippen molar-refractivity contribution in [3.05, 3.63) is 42.1 Å². The van der Waals surface area contributed by atoms with Crippen LogP contribution in [0, 0.1) is 11.8 Å². The minimum Gasteiger partial charge on any atom is -0.444 e. The summed E-state index contributed by atoms with van der Waals surface area (Å²) >= 11 is 0. The van der Waals surface area contributed by atoms with E-state index in [9.17, 15) is 4.79 Å². The second kappa shape index (κ2) is 9.37. The average molecular weight is 503 g/mol. The van der Waals surface area contributed by atoms with Crippen LogP contribution in [0.3, 0.4) is 0 Å². The van der Waals surface area contributed by atoms with Crippen LogP contribution in [0.2, 0.25) is 0 Å². The Morgan fingerprint density at radius 2 is 2.03 bits per heavy atom. The van der Waals surface area contributed by atoms with E-state index in [1.165, 1.54) is 6.33 Å². The van der Waals surface area contributed by atoms with E-state index in [0.29, 0.717) is 42.1 Å². The molecule has 1 aliphatic rings. The fourth-order valence-corrected chi connectivity index (χ4v) is 4.65. The second-order valence-corrected chi connectivity index (χ2v) is 10.2. The molecule has 1 amide bonds. The van der Waals surface area contributed by atoms with Gasteiger partial charge in [0.15, 0.2) is 5.65 Å². The molecule has 0 bridgehead atoms. The van der Waals surface area contributed by atoms with Crippen molar-refractivity contribution in [2.24, 2.45) is 7.05 Å². The molecule has 1 saturated heterocycles. The molecule has 11 nitrogen and oxygen atoms in total. The molecule has 0 spiro atoms. The zero-order valence-electron chi connectivity index (χ0n) is 21.6. The Balaban J connectivity index is 1.50. The number of carbonyl (C=O) groups is 1. The summed E-state index contributed by atoms with van der Waals surface area (Å²) in [7, 11) is 3.57. The molecule has 2 N–H and O–H groups in total. The molecule has 4 heterocycles. The number of benzene rings is 1. The molecule has 1 fully saturated rings. The first-order valence-corrected chi connectivity index (χ1v) is 12.0. The molecule has 11 heteroatoms. The summed E-state index contributed by atoms with van der Waals surface area (Å²) in [6, 6.07) is 5.54. The zero-order chi connectivity index (χ0) is 26.3. The molecule has 37 heavy (non-hydrogen) atoms. The van der Waals surface area contributed by atoms with E-state index in [-0.39, 0.29) is 18.2 Å². The highest BCUT2D eigenvalue weighted by molar-refractivity contribution is 5.90. The highest BCUT2D eigenvalue weighted by atomic mass is 16.6. The van der Waals surface area contributed by atoms with Gasteiger partial charge in [0.2, 0.25) is 0 Å². The largest absolute Gasteiger partial charge is 0.444 e. The highest BCUT2D eigenvalue weighted by Crippen LogP contribution is 2.32. The van der Waals surface area contributed by atoms with Crippen molar-refractivity contribution in [2.45, 2.75) is 44.9 Å². The molecule has 1 aromatic carbocycles. The van der Waals surface area contributed by atoms with E-state index in [1.54, 1.807) is 23.0 Å². The molecular weight excluding hydrogens is 472 g/mol. The summed E-state index contributed by atoms with van der Waals surface area (Å²) < 4.78 is 14.8. The van der Waals surface area contributed by atoms with Crippen LogP contribution in [-0.4, -0.2) is 72.2 Å². The lowest BCUT2D eigenvalue weighted by Gasteiger charge is -2.28. The standard InChI is InChI=1S/C26H30N8O3/c1-26(2,3)37-25(35)33-12-17(11-18(33)13-36-5)34-24-22(23(27)28-14-29-24)19(31-34)8-6-16-7-9-21-20(10-16)30-15-32(21)4/h7,9-10,14-15,17-18H,11-13H2,1-5H3,(H2,27,28,29)/t17?,18-/m1/s1. The lowest BCUT2D eigenvalue weighted by atomic mass is 10.2. The number of hydrogen-bond donors (Lipinski definition) is 1. The van der Waals surface area contributed by atoms with Gasteiger partial charge in [-0.1, -0.05) is 5.92 Å². The second-order valence-electron chi connectivity index (χ2n) is 10.2. The Labute approximate surface area is 214 Å². The summed E-state index contributed by atoms with van der Waals surface area (Å²) in [6.07, 6.45) is 3.42. The third-order valence-corrected chi connectivity index (χ3v) is 6.29. The molecule has 0 saturated carbocycles. The third-order valence-electron chi connectivity index (χ3n) is 6.29. The number of hydrogen-bond acceptors (Lipinski definition) is 8. The molecule has 2 atom stereocenters. The lowest BCUT2D eigenvalue weighted by Crippen LogP contribution is -2.41. The Kier molecular flexibility index (Phi) is 6.21. The number of aromatic nitrogens is 6. The van der Waals surface area contributed by atoms with E-state index >= 15 is 0 Å². The van der Waals surface area contributed by atoms with Crippen LogP contribution in [0.5, 0.6) is 0 Å². The predicted molar refractivity (Wildman–Crippen MR) is 139 cm³/mol. The molecule has 5 rings (SSSR count). The molecule has 0 aliphatic carbocycles. The number of fused-ring (bicyclic) bond motifs is 2. The van der Waals surface area contributed by atoms with E-state index in [1.807, 2.05) is 50.6 Å². The number of nitrogens with zero attached hydrogens (tertiary/aromatic N) is 7. The van der Waals surface area contributed by atoms with Crippen LogP contribution < -0.4 is 5.73 Å². The number of ether oxygens (including phenoxy) is 2. The average Bonchev–Trinajstić information content (AvgIpc) is 3.53. The van der Waals surface area contributed by atoms with Gasteiger partial charge in [0, 0.05) is 26.3 Å². The molecule has 3 aromatic heterocycles. The summed E-state index contributed by atoms with van der Waals surface area (Å²) in [5.41, 5.74) is 9.40. The lowest BCUT2D eigenvalue weighted by molar-refractivity contribution is 0.0145. The number of nitrogens with two attached hydrogens (primary N) is 1. The number of imidazole rings is 1. The van der Waals surface area contributed by atoms with Crippen LogP contribution in [0.4, 0.5) is 10.6 Å². The molecule has 0 radical (unpaired) electrons. The number of methoxy groups -OCH3 is 1. The molecule has 192 valence electrons. The van der Waals surface area contributed by atoms with Gasteiger partial charge in [0.05, 0.1) is 41.4 Å². The number of amides is 1. The Bertz CT molecular complexity index is 1540. The van der Waals surface area contributed by atoms with Crippen molar-refractivity contribution in [1.29, 1.82) is 0 Å².